The molecule has 1 atom stereocenters. The number of urea groups is 1. The lowest BCUT2D eigenvalue weighted by atomic mass is 9.99. The predicted octanol–water partition coefficient (Wildman–Crippen LogP) is 1.60. The standard InChI is InChI=1S/C17H23N3O3.ClH/c1-3-23-16(21)15-11-12-4-5-14(20-9-7-18-17(20)22)10-13(12)6-8-19(15)2;/h4-5,10,15H,3,6-9,11H2,1-2H3,(H,18,22);1H. The van der Waals surface area contributed by atoms with Crippen LogP contribution in [0, 0.1) is 0 Å². The number of benzene rings is 1. The van der Waals surface area contributed by atoms with Crippen molar-refractivity contribution in [1.82, 2.24) is 10.2 Å². The maximum Gasteiger partial charge on any atom is 0.323 e. The zero-order valence-electron chi connectivity index (χ0n) is 14.1. The molecule has 0 saturated carbocycles. The molecule has 2 aliphatic rings. The summed E-state index contributed by atoms with van der Waals surface area (Å²) >= 11 is 0. The van der Waals surface area contributed by atoms with Crippen molar-refractivity contribution in [3.8, 4) is 0 Å². The van der Waals surface area contributed by atoms with Crippen molar-refractivity contribution in [3.63, 3.8) is 0 Å². The molecule has 2 heterocycles. The summed E-state index contributed by atoms with van der Waals surface area (Å²) in [6.07, 6.45) is 1.52. The predicted molar refractivity (Wildman–Crippen MR) is 94.9 cm³/mol. The molecule has 132 valence electrons. The van der Waals surface area contributed by atoms with E-state index in [-0.39, 0.29) is 30.4 Å². The number of ether oxygens (including phenoxy) is 1. The molecule has 7 heteroatoms. The van der Waals surface area contributed by atoms with Gasteiger partial charge in [0.05, 0.1) is 6.61 Å². The first kappa shape index (κ1) is 18.5. The SMILES string of the molecule is CCOC(=O)C1Cc2ccc(N3CCNC3=O)cc2CCN1C.Cl. The molecule has 1 fully saturated rings. The molecule has 0 aromatic heterocycles. The molecule has 2 aliphatic heterocycles. The molecule has 0 aliphatic carbocycles. The Morgan fingerprint density at radius 1 is 1.33 bits per heavy atom. The third-order valence-corrected chi connectivity index (χ3v) is 4.60. The smallest absolute Gasteiger partial charge is 0.323 e. The normalized spacial score (nSPS) is 20.7. The molecular weight excluding hydrogens is 330 g/mol. The van der Waals surface area contributed by atoms with Gasteiger partial charge in [-0.2, -0.15) is 0 Å². The van der Waals surface area contributed by atoms with Crippen LogP contribution in [0.1, 0.15) is 18.1 Å². The van der Waals surface area contributed by atoms with E-state index >= 15 is 0 Å². The Morgan fingerprint density at radius 2 is 2.12 bits per heavy atom. The summed E-state index contributed by atoms with van der Waals surface area (Å²) in [5, 5.41) is 2.82. The van der Waals surface area contributed by atoms with Gasteiger partial charge >= 0.3 is 12.0 Å². The van der Waals surface area contributed by atoms with Gasteiger partial charge in [-0.1, -0.05) is 6.07 Å². The van der Waals surface area contributed by atoms with Gasteiger partial charge in [-0.05, 0) is 50.1 Å². The Kier molecular flexibility index (Phi) is 6.07. The Bertz CT molecular complexity index is 623. The fourth-order valence-corrected chi connectivity index (χ4v) is 3.25. The van der Waals surface area contributed by atoms with Gasteiger partial charge in [0.15, 0.2) is 0 Å². The molecule has 0 spiro atoms. The van der Waals surface area contributed by atoms with E-state index < -0.39 is 0 Å². The molecule has 0 bridgehead atoms. The molecule has 1 N–H and O–H groups in total. The van der Waals surface area contributed by atoms with Crippen LogP contribution in [0.4, 0.5) is 10.5 Å². The van der Waals surface area contributed by atoms with Crippen molar-refractivity contribution in [3.05, 3.63) is 29.3 Å². The van der Waals surface area contributed by atoms with E-state index in [1.54, 1.807) is 4.90 Å². The number of esters is 1. The number of hydrogen-bond donors (Lipinski definition) is 1. The highest BCUT2D eigenvalue weighted by molar-refractivity contribution is 5.94. The monoisotopic (exact) mass is 353 g/mol. The third kappa shape index (κ3) is 3.65. The molecular formula is C17H24ClN3O3. The summed E-state index contributed by atoms with van der Waals surface area (Å²) < 4.78 is 5.20. The molecule has 1 saturated heterocycles. The third-order valence-electron chi connectivity index (χ3n) is 4.60. The minimum Gasteiger partial charge on any atom is -0.465 e. The van der Waals surface area contributed by atoms with E-state index in [2.05, 4.69) is 16.3 Å². The van der Waals surface area contributed by atoms with Crippen LogP contribution >= 0.6 is 12.4 Å². The van der Waals surface area contributed by atoms with Crippen LogP contribution < -0.4 is 10.2 Å². The Labute approximate surface area is 148 Å². The van der Waals surface area contributed by atoms with E-state index in [0.717, 1.165) is 24.2 Å². The van der Waals surface area contributed by atoms with Gasteiger partial charge in [0, 0.05) is 25.3 Å². The summed E-state index contributed by atoms with van der Waals surface area (Å²) in [5.74, 6) is -0.161. The van der Waals surface area contributed by atoms with Crippen molar-refractivity contribution >= 4 is 30.1 Å². The molecule has 2 amide bonds. The maximum atomic E-state index is 12.2. The van der Waals surface area contributed by atoms with Crippen LogP contribution in [0.15, 0.2) is 18.2 Å². The fourth-order valence-electron chi connectivity index (χ4n) is 3.25. The van der Waals surface area contributed by atoms with Gasteiger partial charge in [0.2, 0.25) is 0 Å². The average molecular weight is 354 g/mol. The lowest BCUT2D eigenvalue weighted by Crippen LogP contribution is -2.40. The number of nitrogens with one attached hydrogen (secondary N) is 1. The van der Waals surface area contributed by atoms with Gasteiger partial charge in [-0.25, -0.2) is 4.79 Å². The second-order valence-corrected chi connectivity index (χ2v) is 6.04. The summed E-state index contributed by atoms with van der Waals surface area (Å²) in [6.45, 7) is 4.41. The Hall–Kier alpha value is -1.79. The van der Waals surface area contributed by atoms with Crippen LogP contribution in [0.5, 0.6) is 0 Å². The molecule has 6 nitrogen and oxygen atoms in total. The highest BCUT2D eigenvalue weighted by Crippen LogP contribution is 2.26. The lowest BCUT2D eigenvalue weighted by Gasteiger charge is -2.23. The molecule has 1 aromatic rings. The van der Waals surface area contributed by atoms with Crippen LogP contribution in [0.25, 0.3) is 0 Å². The van der Waals surface area contributed by atoms with E-state index in [1.165, 1.54) is 5.56 Å². The summed E-state index contributed by atoms with van der Waals surface area (Å²) in [5.41, 5.74) is 3.30. The number of nitrogens with zero attached hydrogens (tertiary/aromatic N) is 2. The first-order valence-electron chi connectivity index (χ1n) is 8.14. The van der Waals surface area contributed by atoms with E-state index in [1.807, 2.05) is 26.1 Å². The van der Waals surface area contributed by atoms with Crippen molar-refractivity contribution in [1.29, 1.82) is 0 Å². The number of carbonyl (C=O) groups excluding carboxylic acids is 2. The number of amides is 2. The first-order chi connectivity index (χ1) is 11.1. The second kappa shape index (κ2) is 7.85. The van der Waals surface area contributed by atoms with Crippen LogP contribution in [-0.2, 0) is 22.4 Å². The molecule has 1 aromatic carbocycles. The quantitative estimate of drug-likeness (QED) is 0.838. The summed E-state index contributed by atoms with van der Waals surface area (Å²) in [6, 6.07) is 5.82. The molecule has 0 radical (unpaired) electrons. The van der Waals surface area contributed by atoms with Gasteiger partial charge in [0.25, 0.3) is 0 Å². The van der Waals surface area contributed by atoms with Crippen LogP contribution in [0.3, 0.4) is 0 Å². The van der Waals surface area contributed by atoms with E-state index in [0.29, 0.717) is 26.1 Å². The molecule has 1 unspecified atom stereocenters. The maximum absolute atomic E-state index is 12.2. The molecule has 3 rings (SSSR count). The van der Waals surface area contributed by atoms with Gasteiger partial charge in [-0.3, -0.25) is 14.6 Å². The average Bonchev–Trinajstić information content (AvgIpc) is 2.89. The van der Waals surface area contributed by atoms with Crippen molar-refractivity contribution < 1.29 is 14.3 Å². The number of hydrogen-bond acceptors (Lipinski definition) is 4. The van der Waals surface area contributed by atoms with E-state index in [9.17, 15) is 9.59 Å². The highest BCUT2D eigenvalue weighted by atomic mass is 35.5. The second-order valence-electron chi connectivity index (χ2n) is 6.04. The van der Waals surface area contributed by atoms with Crippen LogP contribution in [-0.4, -0.2) is 56.2 Å². The van der Waals surface area contributed by atoms with Crippen molar-refractivity contribution in [2.24, 2.45) is 0 Å². The van der Waals surface area contributed by atoms with Crippen LogP contribution in [0.2, 0.25) is 0 Å². The van der Waals surface area contributed by atoms with Gasteiger partial charge in [-0.15, -0.1) is 12.4 Å². The Morgan fingerprint density at radius 3 is 2.79 bits per heavy atom. The van der Waals surface area contributed by atoms with Crippen molar-refractivity contribution in [2.45, 2.75) is 25.8 Å². The fraction of sp³-hybridized carbons (Fsp3) is 0.529. The van der Waals surface area contributed by atoms with E-state index in [4.69, 9.17) is 4.74 Å². The summed E-state index contributed by atoms with van der Waals surface area (Å²) in [4.78, 5) is 27.8. The number of halogens is 1. The number of fused-ring (bicyclic) bond motifs is 1. The lowest BCUT2D eigenvalue weighted by molar-refractivity contribution is -0.148. The summed E-state index contributed by atoms with van der Waals surface area (Å²) in [7, 11) is 1.96. The number of carbonyl (C=O) groups is 2. The topological polar surface area (TPSA) is 61.9 Å². The minimum atomic E-state index is -0.239. The molecule has 24 heavy (non-hydrogen) atoms. The van der Waals surface area contributed by atoms with Crippen molar-refractivity contribution in [2.75, 3.05) is 38.2 Å². The zero-order chi connectivity index (χ0) is 16.4. The number of likely N-dealkylation sites (N-methyl/N-ethyl adjacent to an activating group) is 1. The van der Waals surface area contributed by atoms with Gasteiger partial charge < -0.3 is 10.1 Å². The Balaban J connectivity index is 0.00000208. The highest BCUT2D eigenvalue weighted by Gasteiger charge is 2.29. The number of rotatable bonds is 3. The minimum absolute atomic E-state index is 0. The van der Waals surface area contributed by atoms with Gasteiger partial charge in [0.1, 0.15) is 6.04 Å². The number of anilines is 1. The first-order valence-corrected chi connectivity index (χ1v) is 8.14. The zero-order valence-corrected chi connectivity index (χ0v) is 14.9. The largest absolute Gasteiger partial charge is 0.465 e.